The van der Waals surface area contributed by atoms with Gasteiger partial charge in [0.1, 0.15) is 24.9 Å². The molecule has 0 unspecified atom stereocenters. The Morgan fingerprint density at radius 3 is 2.87 bits per heavy atom. The van der Waals surface area contributed by atoms with Crippen molar-refractivity contribution in [3.8, 4) is 11.9 Å². The van der Waals surface area contributed by atoms with E-state index in [-0.39, 0.29) is 41.3 Å². The highest BCUT2D eigenvalue weighted by atomic mass is 35.5. The van der Waals surface area contributed by atoms with Crippen molar-refractivity contribution >= 4 is 22.5 Å². The predicted octanol–water partition coefficient (Wildman–Crippen LogP) is 4.35. The first kappa shape index (κ1) is 20.3. The lowest BCUT2D eigenvalue weighted by Crippen LogP contribution is -2.43. The molecule has 2 aromatic heterocycles. The van der Waals surface area contributed by atoms with Crippen LogP contribution in [0.1, 0.15) is 24.8 Å². The number of pyridine rings is 1. The van der Waals surface area contributed by atoms with Crippen molar-refractivity contribution in [2.45, 2.75) is 37.6 Å². The number of nitrogens with zero attached hydrogens (tertiary/aromatic N) is 4. The molecule has 6 nitrogen and oxygen atoms in total. The van der Waals surface area contributed by atoms with Crippen molar-refractivity contribution in [2.24, 2.45) is 0 Å². The zero-order chi connectivity index (χ0) is 21.4. The van der Waals surface area contributed by atoms with Crippen LogP contribution in [0.5, 0.6) is 11.9 Å². The Morgan fingerprint density at radius 1 is 1.19 bits per heavy atom. The summed E-state index contributed by atoms with van der Waals surface area (Å²) in [5.41, 5.74) is 0.542. The number of alkyl halides is 1. The van der Waals surface area contributed by atoms with Crippen LogP contribution in [0.25, 0.3) is 10.9 Å². The molecule has 2 atom stereocenters. The average molecular weight is 447 g/mol. The van der Waals surface area contributed by atoms with E-state index in [2.05, 4.69) is 19.9 Å². The molecule has 0 spiro atoms. The smallest absolute Gasteiger partial charge is 0.320 e. The molecule has 9 heteroatoms. The van der Waals surface area contributed by atoms with Crippen molar-refractivity contribution in [1.29, 1.82) is 0 Å². The van der Waals surface area contributed by atoms with Crippen molar-refractivity contribution in [2.75, 3.05) is 19.7 Å². The van der Waals surface area contributed by atoms with E-state index < -0.39 is 12.0 Å². The van der Waals surface area contributed by atoms with Gasteiger partial charge in [0, 0.05) is 19.2 Å². The van der Waals surface area contributed by atoms with Gasteiger partial charge in [-0.3, -0.25) is 4.90 Å². The van der Waals surface area contributed by atoms with Crippen LogP contribution < -0.4 is 9.47 Å². The topological polar surface area (TPSA) is 60.4 Å². The van der Waals surface area contributed by atoms with Crippen LogP contribution in [-0.2, 0) is 6.61 Å². The van der Waals surface area contributed by atoms with Gasteiger partial charge in [-0.1, -0.05) is 41.9 Å². The molecule has 5 rings (SSSR count). The molecule has 4 heterocycles. The molecule has 2 aliphatic rings. The molecule has 2 aliphatic heterocycles. The molecule has 2 fully saturated rings. The van der Waals surface area contributed by atoms with Gasteiger partial charge in [-0.15, -0.1) is 0 Å². The van der Waals surface area contributed by atoms with Crippen molar-refractivity contribution in [3.05, 3.63) is 53.1 Å². The molecule has 31 heavy (non-hydrogen) atoms. The summed E-state index contributed by atoms with van der Waals surface area (Å²) in [6.45, 7) is 1.74. The number of hydrogen-bond acceptors (Lipinski definition) is 6. The summed E-state index contributed by atoms with van der Waals surface area (Å²) in [6.07, 6.45) is 2.78. The minimum atomic E-state index is -0.867. The molecular formula is C22H21ClF2N4O2. The largest absolute Gasteiger partial charge is 0.472 e. The maximum Gasteiger partial charge on any atom is 0.320 e. The van der Waals surface area contributed by atoms with Crippen LogP contribution in [0.4, 0.5) is 8.78 Å². The number of ether oxygens (including phenoxy) is 2. The van der Waals surface area contributed by atoms with E-state index >= 15 is 0 Å². The number of halogens is 3. The molecule has 2 saturated heterocycles. The van der Waals surface area contributed by atoms with Crippen LogP contribution in [0, 0.1) is 5.82 Å². The van der Waals surface area contributed by atoms with E-state index in [9.17, 15) is 8.78 Å². The van der Waals surface area contributed by atoms with E-state index in [0.29, 0.717) is 18.4 Å². The highest BCUT2D eigenvalue weighted by Crippen LogP contribution is 2.40. The summed E-state index contributed by atoms with van der Waals surface area (Å²) in [6, 6.07) is 9.51. The lowest BCUT2D eigenvalue weighted by atomic mass is 9.95. The molecular weight excluding hydrogens is 426 g/mol. The van der Waals surface area contributed by atoms with Gasteiger partial charge in [0.15, 0.2) is 11.0 Å². The molecule has 162 valence electrons. The standard InChI is InChI=1S/C22H21ClF2N4O2/c23-19-17(25)18-16(10-26-19)20(30-12-14-5-2-1-3-6-14)28-21(27-18)31-13-22-7-4-8-29(22)11-15(24)9-22/h1-3,5-6,10,15H,4,7-9,11-13H2/t15-,22+/m1/s1. The zero-order valence-electron chi connectivity index (χ0n) is 16.7. The van der Waals surface area contributed by atoms with E-state index in [1.807, 2.05) is 30.3 Å². The molecule has 0 bridgehead atoms. The first-order chi connectivity index (χ1) is 15.0. The lowest BCUT2D eigenvalue weighted by Gasteiger charge is -2.30. The third-order valence-corrected chi connectivity index (χ3v) is 6.30. The molecule has 1 aromatic carbocycles. The summed E-state index contributed by atoms with van der Waals surface area (Å²) in [7, 11) is 0. The van der Waals surface area contributed by atoms with E-state index in [0.717, 1.165) is 24.9 Å². The van der Waals surface area contributed by atoms with Gasteiger partial charge in [-0.25, -0.2) is 13.8 Å². The zero-order valence-corrected chi connectivity index (χ0v) is 17.5. The molecule has 0 N–H and O–H groups in total. The number of benzene rings is 1. The first-order valence-electron chi connectivity index (χ1n) is 10.2. The molecule has 3 aromatic rings. The fourth-order valence-electron chi connectivity index (χ4n) is 4.54. The summed E-state index contributed by atoms with van der Waals surface area (Å²) in [4.78, 5) is 14.6. The van der Waals surface area contributed by atoms with Gasteiger partial charge in [-0.2, -0.15) is 9.97 Å². The minimum absolute atomic E-state index is 0.0244. The highest BCUT2D eigenvalue weighted by Gasteiger charge is 2.49. The predicted molar refractivity (Wildman–Crippen MR) is 112 cm³/mol. The van der Waals surface area contributed by atoms with Crippen LogP contribution in [0.15, 0.2) is 36.5 Å². The fourth-order valence-corrected chi connectivity index (χ4v) is 4.67. The monoisotopic (exact) mass is 446 g/mol. The van der Waals surface area contributed by atoms with Gasteiger partial charge in [0.25, 0.3) is 0 Å². The van der Waals surface area contributed by atoms with E-state index in [1.165, 1.54) is 6.20 Å². The van der Waals surface area contributed by atoms with Crippen LogP contribution in [-0.4, -0.2) is 51.3 Å². The summed E-state index contributed by atoms with van der Waals surface area (Å²) >= 11 is 5.86. The number of rotatable bonds is 6. The van der Waals surface area contributed by atoms with Gasteiger partial charge in [-0.05, 0) is 24.9 Å². The van der Waals surface area contributed by atoms with Gasteiger partial charge >= 0.3 is 6.01 Å². The molecule has 0 saturated carbocycles. The Morgan fingerprint density at radius 2 is 2.03 bits per heavy atom. The number of hydrogen-bond donors (Lipinski definition) is 0. The number of fused-ring (bicyclic) bond motifs is 2. The maximum absolute atomic E-state index is 14.7. The summed E-state index contributed by atoms with van der Waals surface area (Å²) in [5.74, 6) is -0.608. The SMILES string of the molecule is Fc1c(Cl)ncc2c(OCc3ccccc3)nc(OC[C@@]34CCCN3C[C@H](F)C4)nc12. The average Bonchev–Trinajstić information content (AvgIpc) is 3.30. The van der Waals surface area contributed by atoms with E-state index in [4.69, 9.17) is 21.1 Å². The Bertz CT molecular complexity index is 1100. The van der Waals surface area contributed by atoms with Crippen LogP contribution >= 0.6 is 11.6 Å². The second-order valence-corrected chi connectivity index (χ2v) is 8.43. The van der Waals surface area contributed by atoms with E-state index in [1.54, 1.807) is 0 Å². The molecule has 0 aliphatic carbocycles. The first-order valence-corrected chi connectivity index (χ1v) is 10.6. The van der Waals surface area contributed by atoms with Gasteiger partial charge in [0.05, 0.1) is 10.9 Å². The normalized spacial score (nSPS) is 23.3. The maximum atomic E-state index is 14.7. The Labute approximate surface area is 183 Å². The van der Waals surface area contributed by atoms with Crippen molar-refractivity contribution in [1.82, 2.24) is 19.9 Å². The fraction of sp³-hybridized carbons (Fsp3) is 0.409. The third-order valence-electron chi connectivity index (χ3n) is 6.04. The lowest BCUT2D eigenvalue weighted by molar-refractivity contribution is 0.106. The van der Waals surface area contributed by atoms with Crippen LogP contribution in [0.3, 0.4) is 0 Å². The molecule has 0 radical (unpaired) electrons. The van der Waals surface area contributed by atoms with Crippen molar-refractivity contribution < 1.29 is 18.3 Å². The third kappa shape index (κ3) is 3.90. The summed E-state index contributed by atoms with van der Waals surface area (Å²) in [5, 5.41) is 0.0123. The highest BCUT2D eigenvalue weighted by molar-refractivity contribution is 6.30. The second-order valence-electron chi connectivity index (χ2n) is 8.07. The van der Waals surface area contributed by atoms with Crippen molar-refractivity contribution in [3.63, 3.8) is 0 Å². The Hall–Kier alpha value is -2.58. The Kier molecular flexibility index (Phi) is 5.35. The second kappa shape index (κ2) is 8.16. The summed E-state index contributed by atoms with van der Waals surface area (Å²) < 4.78 is 40.5. The quantitative estimate of drug-likeness (QED) is 0.525. The van der Waals surface area contributed by atoms with Crippen LogP contribution in [0.2, 0.25) is 5.15 Å². The van der Waals surface area contributed by atoms with Gasteiger partial charge in [0.2, 0.25) is 5.88 Å². The Balaban J connectivity index is 1.44. The minimum Gasteiger partial charge on any atom is -0.472 e. The van der Waals surface area contributed by atoms with Gasteiger partial charge < -0.3 is 9.47 Å². The molecule has 0 amide bonds. The number of aromatic nitrogens is 3.